The molecule has 0 radical (unpaired) electrons. The lowest BCUT2D eigenvalue weighted by Crippen LogP contribution is -2.09. The van der Waals surface area contributed by atoms with E-state index in [0.29, 0.717) is 23.8 Å². The van der Waals surface area contributed by atoms with E-state index in [2.05, 4.69) is 22.1 Å². The summed E-state index contributed by atoms with van der Waals surface area (Å²) in [5, 5.41) is 10.1. The van der Waals surface area contributed by atoms with E-state index in [9.17, 15) is 5.11 Å². The normalized spacial score (nSPS) is 17.8. The van der Waals surface area contributed by atoms with Gasteiger partial charge < -0.3 is 14.8 Å². The minimum absolute atomic E-state index is 0.206. The molecule has 1 aromatic heterocycles. The molecule has 4 nitrogen and oxygen atoms in total. The summed E-state index contributed by atoms with van der Waals surface area (Å²) in [6, 6.07) is 5.35. The smallest absolute Gasteiger partial charge is 0.132 e. The zero-order chi connectivity index (χ0) is 14.5. The van der Waals surface area contributed by atoms with Gasteiger partial charge in [0.05, 0.1) is 30.4 Å². The van der Waals surface area contributed by atoms with Crippen molar-refractivity contribution in [2.75, 3.05) is 6.61 Å². The third kappa shape index (κ3) is 3.27. The van der Waals surface area contributed by atoms with E-state index >= 15 is 0 Å². The molecule has 0 aliphatic heterocycles. The Balaban J connectivity index is 1.68. The van der Waals surface area contributed by atoms with Crippen LogP contribution in [0.1, 0.15) is 25.7 Å². The first kappa shape index (κ1) is 13.7. The molecule has 1 aliphatic rings. The zero-order valence-electron chi connectivity index (χ0n) is 12.0. The number of ether oxygens (including phenoxy) is 1. The van der Waals surface area contributed by atoms with Crippen LogP contribution in [0.2, 0.25) is 0 Å². The van der Waals surface area contributed by atoms with Crippen LogP contribution in [-0.2, 0) is 0 Å². The minimum Gasteiger partial charge on any atom is -0.507 e. The number of rotatable bonds is 5. The van der Waals surface area contributed by atoms with Crippen molar-refractivity contribution in [3.8, 4) is 22.8 Å². The molecule has 1 heterocycles. The first-order chi connectivity index (χ1) is 10.3. The summed E-state index contributed by atoms with van der Waals surface area (Å²) in [6.07, 6.45) is 12.4. The average molecular weight is 284 g/mol. The van der Waals surface area contributed by atoms with Crippen LogP contribution in [0.5, 0.6) is 11.5 Å². The van der Waals surface area contributed by atoms with Crippen molar-refractivity contribution in [1.82, 2.24) is 9.97 Å². The number of phenols is 1. The number of aromatic amines is 1. The lowest BCUT2D eigenvalue weighted by Gasteiger charge is -2.18. The van der Waals surface area contributed by atoms with Gasteiger partial charge in [-0.05, 0) is 43.7 Å². The molecule has 4 heteroatoms. The predicted octanol–water partition coefficient (Wildman–Crippen LogP) is 3.91. The van der Waals surface area contributed by atoms with Crippen LogP contribution in [-0.4, -0.2) is 21.7 Å². The number of H-pyrrole nitrogens is 1. The number of benzene rings is 1. The second kappa shape index (κ2) is 6.48. The van der Waals surface area contributed by atoms with Crippen molar-refractivity contribution in [2.24, 2.45) is 5.92 Å². The van der Waals surface area contributed by atoms with Gasteiger partial charge in [0, 0.05) is 0 Å². The zero-order valence-corrected chi connectivity index (χ0v) is 12.0. The van der Waals surface area contributed by atoms with Crippen molar-refractivity contribution in [3.63, 3.8) is 0 Å². The SMILES string of the molecule is Oc1cccc(OCCC2CC=CCC2)c1-c1cnc[nH]1. The topological polar surface area (TPSA) is 58.1 Å². The first-order valence-corrected chi connectivity index (χ1v) is 7.43. The summed E-state index contributed by atoms with van der Waals surface area (Å²) < 4.78 is 5.91. The molecule has 1 aliphatic carbocycles. The predicted molar refractivity (Wildman–Crippen MR) is 82.3 cm³/mol. The van der Waals surface area contributed by atoms with Crippen LogP contribution in [0.15, 0.2) is 42.9 Å². The number of nitrogens with one attached hydrogen (secondary N) is 1. The summed E-state index contributed by atoms with van der Waals surface area (Å²) in [6.45, 7) is 0.670. The van der Waals surface area contributed by atoms with Crippen LogP contribution < -0.4 is 4.74 Å². The number of aromatic hydroxyl groups is 1. The summed E-state index contributed by atoms with van der Waals surface area (Å²) in [4.78, 5) is 7.02. The van der Waals surface area contributed by atoms with Crippen molar-refractivity contribution < 1.29 is 9.84 Å². The van der Waals surface area contributed by atoms with E-state index in [1.807, 2.05) is 6.07 Å². The maximum absolute atomic E-state index is 10.1. The second-order valence-electron chi connectivity index (χ2n) is 5.40. The Morgan fingerprint density at radius 1 is 1.33 bits per heavy atom. The number of imidazole rings is 1. The number of aromatic nitrogens is 2. The molecular weight excluding hydrogens is 264 g/mol. The first-order valence-electron chi connectivity index (χ1n) is 7.43. The molecular formula is C17H20N2O2. The van der Waals surface area contributed by atoms with Gasteiger partial charge in [0.2, 0.25) is 0 Å². The molecule has 3 rings (SSSR count). The molecule has 1 atom stereocenters. The van der Waals surface area contributed by atoms with Crippen LogP contribution in [0.4, 0.5) is 0 Å². The average Bonchev–Trinajstić information content (AvgIpc) is 3.02. The summed E-state index contributed by atoms with van der Waals surface area (Å²) >= 11 is 0. The monoisotopic (exact) mass is 284 g/mol. The molecule has 0 spiro atoms. The molecule has 0 bridgehead atoms. The number of phenolic OH excluding ortho intramolecular Hbond substituents is 1. The van der Waals surface area contributed by atoms with Gasteiger partial charge in [-0.3, -0.25) is 0 Å². The summed E-state index contributed by atoms with van der Waals surface area (Å²) in [7, 11) is 0. The lowest BCUT2D eigenvalue weighted by atomic mass is 9.92. The van der Waals surface area contributed by atoms with Gasteiger partial charge in [0.15, 0.2) is 0 Å². The van der Waals surface area contributed by atoms with Crippen LogP contribution >= 0.6 is 0 Å². The Morgan fingerprint density at radius 2 is 2.29 bits per heavy atom. The third-order valence-corrected chi connectivity index (χ3v) is 3.93. The van der Waals surface area contributed by atoms with E-state index in [0.717, 1.165) is 18.5 Å². The largest absolute Gasteiger partial charge is 0.507 e. The van der Waals surface area contributed by atoms with Gasteiger partial charge in [-0.2, -0.15) is 0 Å². The van der Waals surface area contributed by atoms with Crippen molar-refractivity contribution >= 4 is 0 Å². The highest BCUT2D eigenvalue weighted by atomic mass is 16.5. The Labute approximate surface area is 124 Å². The molecule has 2 N–H and O–H groups in total. The lowest BCUT2D eigenvalue weighted by molar-refractivity contribution is 0.271. The molecule has 21 heavy (non-hydrogen) atoms. The molecule has 110 valence electrons. The van der Waals surface area contributed by atoms with Crippen molar-refractivity contribution in [1.29, 1.82) is 0 Å². The Kier molecular flexibility index (Phi) is 4.24. The Morgan fingerprint density at radius 3 is 3.05 bits per heavy atom. The van der Waals surface area contributed by atoms with Gasteiger partial charge in [-0.15, -0.1) is 0 Å². The Bertz CT molecular complexity index is 605. The van der Waals surface area contributed by atoms with E-state index in [4.69, 9.17) is 4.74 Å². The molecule has 0 saturated heterocycles. The van der Waals surface area contributed by atoms with E-state index in [1.165, 1.54) is 12.8 Å². The number of hydrogen-bond acceptors (Lipinski definition) is 3. The van der Waals surface area contributed by atoms with Crippen LogP contribution in [0.25, 0.3) is 11.3 Å². The molecule has 0 saturated carbocycles. The molecule has 1 unspecified atom stereocenters. The maximum atomic E-state index is 10.1. The summed E-state index contributed by atoms with van der Waals surface area (Å²) in [5.74, 6) is 1.62. The summed E-state index contributed by atoms with van der Waals surface area (Å²) in [5.41, 5.74) is 1.45. The molecule has 0 amide bonds. The molecule has 2 aromatic rings. The highest BCUT2D eigenvalue weighted by Crippen LogP contribution is 2.36. The van der Waals surface area contributed by atoms with Gasteiger partial charge >= 0.3 is 0 Å². The van der Waals surface area contributed by atoms with Gasteiger partial charge in [0.25, 0.3) is 0 Å². The van der Waals surface area contributed by atoms with Crippen LogP contribution in [0.3, 0.4) is 0 Å². The number of hydrogen-bond donors (Lipinski definition) is 2. The van der Waals surface area contributed by atoms with Gasteiger partial charge in [-0.1, -0.05) is 18.2 Å². The van der Waals surface area contributed by atoms with E-state index in [-0.39, 0.29) is 5.75 Å². The van der Waals surface area contributed by atoms with Gasteiger partial charge in [-0.25, -0.2) is 4.98 Å². The quantitative estimate of drug-likeness (QED) is 0.818. The van der Waals surface area contributed by atoms with Crippen molar-refractivity contribution in [2.45, 2.75) is 25.7 Å². The molecule has 1 aromatic carbocycles. The fourth-order valence-electron chi connectivity index (χ4n) is 2.76. The highest BCUT2D eigenvalue weighted by Gasteiger charge is 2.14. The van der Waals surface area contributed by atoms with Gasteiger partial charge in [0.1, 0.15) is 11.5 Å². The number of allylic oxidation sites excluding steroid dienone is 2. The fraction of sp³-hybridized carbons (Fsp3) is 0.353. The fourth-order valence-corrected chi connectivity index (χ4v) is 2.76. The van der Waals surface area contributed by atoms with E-state index < -0.39 is 0 Å². The number of nitrogens with zero attached hydrogens (tertiary/aromatic N) is 1. The van der Waals surface area contributed by atoms with Crippen molar-refractivity contribution in [3.05, 3.63) is 42.9 Å². The van der Waals surface area contributed by atoms with Crippen LogP contribution in [0, 0.1) is 5.92 Å². The standard InChI is InChI=1S/C17H20N2O2/c20-15-7-4-8-16(17(15)14-11-18-12-19-14)21-10-9-13-5-2-1-3-6-13/h1-2,4,7-8,11-13,20H,3,5-6,9-10H2,(H,18,19). The third-order valence-electron chi connectivity index (χ3n) is 3.93. The molecule has 0 fully saturated rings. The maximum Gasteiger partial charge on any atom is 0.132 e. The highest BCUT2D eigenvalue weighted by molar-refractivity contribution is 5.73. The second-order valence-corrected chi connectivity index (χ2v) is 5.40. The Hall–Kier alpha value is -2.23. The van der Waals surface area contributed by atoms with E-state index in [1.54, 1.807) is 24.7 Å². The minimum atomic E-state index is 0.206.